The number of carbonyl (C=O) groups excluding carboxylic acids is 1. The SMILES string of the molecule is CC(=O)/C=C\c1cc(B2OC(C)(C)C(C)(C)O2)ccc1C. The Morgan fingerprint density at radius 3 is 2.24 bits per heavy atom. The molecule has 1 saturated heterocycles. The van der Waals surface area contributed by atoms with Gasteiger partial charge in [-0.3, -0.25) is 4.79 Å². The molecule has 2 rings (SSSR count). The van der Waals surface area contributed by atoms with E-state index in [1.54, 1.807) is 13.0 Å². The molecular formula is C17H23BO3. The maximum atomic E-state index is 11.1. The molecule has 112 valence electrons. The van der Waals surface area contributed by atoms with Gasteiger partial charge in [0.1, 0.15) is 0 Å². The number of rotatable bonds is 3. The number of hydrogen-bond donors (Lipinski definition) is 0. The molecule has 0 amide bonds. The van der Waals surface area contributed by atoms with Crippen molar-refractivity contribution in [2.24, 2.45) is 0 Å². The summed E-state index contributed by atoms with van der Waals surface area (Å²) in [5.74, 6) is 0.0374. The molecule has 0 aliphatic carbocycles. The molecule has 1 heterocycles. The molecule has 4 heteroatoms. The van der Waals surface area contributed by atoms with Crippen LogP contribution >= 0.6 is 0 Å². The maximum absolute atomic E-state index is 11.1. The summed E-state index contributed by atoms with van der Waals surface area (Å²) >= 11 is 0. The predicted octanol–water partition coefficient (Wildman–Crippen LogP) is 2.90. The Labute approximate surface area is 127 Å². The van der Waals surface area contributed by atoms with E-state index in [0.717, 1.165) is 16.6 Å². The van der Waals surface area contributed by atoms with Crippen LogP contribution in [0.2, 0.25) is 0 Å². The molecule has 0 N–H and O–H groups in total. The van der Waals surface area contributed by atoms with Crippen molar-refractivity contribution in [3.05, 3.63) is 35.4 Å². The third kappa shape index (κ3) is 3.27. The van der Waals surface area contributed by atoms with E-state index in [0.29, 0.717) is 0 Å². The Morgan fingerprint density at radius 2 is 1.71 bits per heavy atom. The summed E-state index contributed by atoms with van der Waals surface area (Å²) in [4.78, 5) is 11.1. The molecule has 0 bridgehead atoms. The molecule has 0 atom stereocenters. The van der Waals surface area contributed by atoms with Gasteiger partial charge in [-0.05, 0) is 64.2 Å². The third-order valence-electron chi connectivity index (χ3n) is 4.33. The summed E-state index contributed by atoms with van der Waals surface area (Å²) in [6, 6.07) is 6.07. The number of benzene rings is 1. The number of allylic oxidation sites excluding steroid dienone is 1. The van der Waals surface area contributed by atoms with Crippen molar-refractivity contribution in [2.75, 3.05) is 0 Å². The van der Waals surface area contributed by atoms with Gasteiger partial charge in [-0.2, -0.15) is 0 Å². The smallest absolute Gasteiger partial charge is 0.399 e. The first-order valence-electron chi connectivity index (χ1n) is 7.27. The Morgan fingerprint density at radius 1 is 1.14 bits per heavy atom. The van der Waals surface area contributed by atoms with Crippen molar-refractivity contribution in [1.82, 2.24) is 0 Å². The standard InChI is InChI=1S/C17H23BO3/c1-12-7-10-15(11-14(12)9-8-13(2)19)18-20-16(3,4)17(5,6)21-18/h7-11H,1-6H3/b9-8-. The van der Waals surface area contributed by atoms with Crippen molar-refractivity contribution >= 4 is 24.4 Å². The molecule has 0 aromatic heterocycles. The second kappa shape index (κ2) is 5.43. The molecule has 1 aromatic carbocycles. The van der Waals surface area contributed by atoms with Crippen LogP contribution in [0.5, 0.6) is 0 Å². The average Bonchev–Trinajstić information content (AvgIpc) is 2.57. The Kier molecular flexibility index (Phi) is 4.14. The van der Waals surface area contributed by atoms with Crippen LogP contribution in [0.15, 0.2) is 24.3 Å². The summed E-state index contributed by atoms with van der Waals surface area (Å²) in [5, 5.41) is 0. The molecule has 3 nitrogen and oxygen atoms in total. The summed E-state index contributed by atoms with van der Waals surface area (Å²) in [6.07, 6.45) is 3.42. The highest BCUT2D eigenvalue weighted by molar-refractivity contribution is 6.62. The number of carbonyl (C=O) groups is 1. The van der Waals surface area contributed by atoms with E-state index >= 15 is 0 Å². The van der Waals surface area contributed by atoms with E-state index < -0.39 is 0 Å². The van der Waals surface area contributed by atoms with Crippen molar-refractivity contribution in [3.63, 3.8) is 0 Å². The second-order valence-electron chi connectivity index (χ2n) is 6.65. The third-order valence-corrected chi connectivity index (χ3v) is 4.33. The van der Waals surface area contributed by atoms with Crippen LogP contribution < -0.4 is 5.46 Å². The van der Waals surface area contributed by atoms with Gasteiger partial charge >= 0.3 is 7.12 Å². The molecule has 1 fully saturated rings. The zero-order chi connectivity index (χ0) is 15.8. The first-order valence-corrected chi connectivity index (χ1v) is 7.27. The van der Waals surface area contributed by atoms with Crippen molar-refractivity contribution in [2.45, 2.75) is 52.7 Å². The predicted molar refractivity (Wildman–Crippen MR) is 86.6 cm³/mol. The first kappa shape index (κ1) is 16.0. The minimum absolute atomic E-state index is 0.0374. The van der Waals surface area contributed by atoms with Crippen LogP contribution in [0.1, 0.15) is 45.7 Å². The van der Waals surface area contributed by atoms with Crippen LogP contribution in [0.25, 0.3) is 6.08 Å². The Hall–Kier alpha value is -1.39. The van der Waals surface area contributed by atoms with Crippen molar-refractivity contribution in [1.29, 1.82) is 0 Å². The van der Waals surface area contributed by atoms with Crippen molar-refractivity contribution in [3.8, 4) is 0 Å². The van der Waals surface area contributed by atoms with Gasteiger partial charge in [-0.15, -0.1) is 0 Å². The highest BCUT2D eigenvalue weighted by atomic mass is 16.7. The summed E-state index contributed by atoms with van der Waals surface area (Å²) in [7, 11) is -0.375. The monoisotopic (exact) mass is 286 g/mol. The minimum Gasteiger partial charge on any atom is -0.399 e. The molecule has 1 aromatic rings. The van der Waals surface area contributed by atoms with E-state index in [-0.39, 0.29) is 24.1 Å². The molecule has 1 aliphatic heterocycles. The Balaban J connectivity index is 2.30. The molecular weight excluding hydrogens is 263 g/mol. The largest absolute Gasteiger partial charge is 0.494 e. The molecule has 0 saturated carbocycles. The number of ketones is 1. The van der Waals surface area contributed by atoms with E-state index in [4.69, 9.17) is 9.31 Å². The number of hydrogen-bond acceptors (Lipinski definition) is 3. The second-order valence-corrected chi connectivity index (χ2v) is 6.65. The topological polar surface area (TPSA) is 35.5 Å². The fourth-order valence-electron chi connectivity index (χ4n) is 2.17. The fourth-order valence-corrected chi connectivity index (χ4v) is 2.17. The van der Waals surface area contributed by atoms with Gasteiger partial charge in [0, 0.05) is 0 Å². The molecule has 1 aliphatic rings. The van der Waals surface area contributed by atoms with Gasteiger partial charge in [0.15, 0.2) is 5.78 Å². The minimum atomic E-state index is -0.375. The lowest BCUT2D eigenvalue weighted by Crippen LogP contribution is -2.41. The molecule has 0 spiro atoms. The van der Waals surface area contributed by atoms with Gasteiger partial charge in [0.25, 0.3) is 0 Å². The van der Waals surface area contributed by atoms with E-state index in [1.165, 1.54) is 0 Å². The number of aryl methyl sites for hydroxylation is 1. The van der Waals surface area contributed by atoms with E-state index in [2.05, 4.69) is 0 Å². The fraction of sp³-hybridized carbons (Fsp3) is 0.471. The van der Waals surface area contributed by atoms with Gasteiger partial charge in [0.05, 0.1) is 11.2 Å². The van der Waals surface area contributed by atoms with Crippen LogP contribution in [-0.4, -0.2) is 24.1 Å². The molecule has 0 unspecified atom stereocenters. The van der Waals surface area contributed by atoms with Gasteiger partial charge < -0.3 is 9.31 Å². The van der Waals surface area contributed by atoms with E-state index in [1.807, 2.05) is 58.9 Å². The van der Waals surface area contributed by atoms with Gasteiger partial charge in [0.2, 0.25) is 0 Å². The summed E-state index contributed by atoms with van der Waals surface area (Å²) in [6.45, 7) is 11.7. The quantitative estimate of drug-likeness (QED) is 0.633. The lowest BCUT2D eigenvalue weighted by Gasteiger charge is -2.32. The van der Waals surface area contributed by atoms with Crippen LogP contribution in [0.4, 0.5) is 0 Å². The lowest BCUT2D eigenvalue weighted by atomic mass is 9.77. The Bertz CT molecular complexity index is 572. The first-order chi connectivity index (χ1) is 9.62. The van der Waals surface area contributed by atoms with E-state index in [9.17, 15) is 4.79 Å². The van der Waals surface area contributed by atoms with Gasteiger partial charge in [-0.25, -0.2) is 0 Å². The highest BCUT2D eigenvalue weighted by Crippen LogP contribution is 2.36. The van der Waals surface area contributed by atoms with Crippen LogP contribution in [0, 0.1) is 6.92 Å². The zero-order valence-corrected chi connectivity index (χ0v) is 13.7. The van der Waals surface area contributed by atoms with Crippen LogP contribution in [0.3, 0.4) is 0 Å². The summed E-state index contributed by atoms with van der Waals surface area (Å²) in [5.41, 5.74) is 2.41. The maximum Gasteiger partial charge on any atom is 0.494 e. The molecule has 21 heavy (non-hydrogen) atoms. The lowest BCUT2D eigenvalue weighted by molar-refractivity contribution is -0.112. The average molecular weight is 286 g/mol. The summed E-state index contributed by atoms with van der Waals surface area (Å²) < 4.78 is 12.1. The van der Waals surface area contributed by atoms with Crippen LogP contribution in [-0.2, 0) is 14.1 Å². The van der Waals surface area contributed by atoms with Gasteiger partial charge in [-0.1, -0.05) is 24.3 Å². The molecule has 0 radical (unpaired) electrons. The van der Waals surface area contributed by atoms with Crippen molar-refractivity contribution < 1.29 is 14.1 Å². The zero-order valence-electron chi connectivity index (χ0n) is 13.7. The normalized spacial score (nSPS) is 20.2. The highest BCUT2D eigenvalue weighted by Gasteiger charge is 2.51.